The van der Waals surface area contributed by atoms with Crippen molar-refractivity contribution in [3.63, 3.8) is 0 Å². The number of carbonyl (C=O) groups excluding carboxylic acids is 2. The van der Waals surface area contributed by atoms with Gasteiger partial charge in [-0.3, -0.25) is 4.79 Å². The number of sulfonamides is 1. The fourth-order valence-corrected chi connectivity index (χ4v) is 17.9. The molecular formula is C86H114Cl6N8O15S2. The standard InChI is InChI=1S/C36H46Cl2N4O7S.C25H35Cl2N3O3.C25H33Cl2NO5S/c1-3-5-30(43)20-26-8-10-29(11-9-26)41-36(44)39-12-14-47-16-18-49-19-17-48-15-13-40-50(45,46)31-7-4-6-27(21-31)33-24-42(2)25-34-32(33)22-28(37)23-35(34)38;1-30-17-23(22-14-21(26)15-25(27)24(22)18-30)20-4-2-3-19(13-20)16-29-6-8-32-10-12-33-11-9-31-7-5-28;1-3-31-9-10-33-12-11-32-8-5-13-34(29,30)21-7-4-6-19(14-21)23-17-28(2)18-24-22(23)15-20(26)16-25(24)27/h4,6-11,21-23,33,40H,3,5,12-20,24-25H2,1-2H3,(H2,39,41,44);2-4,13-15,23,29H,5-12,16-18,28H2,1H3;4,6-7,14-16,23H,3,5,8-13,17-18H2,1-2H3. The number of nitrogens with two attached hydrogens (primary N) is 1. The molecule has 6 N–H and O–H groups in total. The zero-order valence-corrected chi connectivity index (χ0v) is 73.8. The highest BCUT2D eigenvalue weighted by atomic mass is 35.5. The summed E-state index contributed by atoms with van der Waals surface area (Å²) in [5.74, 6) is 0.401. The van der Waals surface area contributed by atoms with Gasteiger partial charge >= 0.3 is 6.03 Å². The van der Waals surface area contributed by atoms with Crippen LogP contribution in [0.2, 0.25) is 30.1 Å². The summed E-state index contributed by atoms with van der Waals surface area (Å²) < 4.78 is 104. The number of hydrogen-bond donors (Lipinski definition) is 5. The Morgan fingerprint density at radius 3 is 1.36 bits per heavy atom. The summed E-state index contributed by atoms with van der Waals surface area (Å²) >= 11 is 38.4. The Balaban J connectivity index is 0.000000226. The second-order valence-corrected chi connectivity index (χ2v) is 35.1. The normalized spacial score (nSPS) is 15.6. The first kappa shape index (κ1) is 97.0. The zero-order chi connectivity index (χ0) is 84.0. The van der Waals surface area contributed by atoms with Crippen molar-refractivity contribution in [1.29, 1.82) is 0 Å². The maximum atomic E-state index is 13.1. The van der Waals surface area contributed by atoms with E-state index in [-0.39, 0.29) is 53.4 Å². The van der Waals surface area contributed by atoms with E-state index in [9.17, 15) is 26.4 Å². The van der Waals surface area contributed by atoms with E-state index < -0.39 is 19.9 Å². The number of hydrogen-bond acceptors (Lipinski definition) is 20. The SMILES string of the molecule is CCCC(=O)Cc1ccc(NC(=O)NCCOCCOCCOCCNS(=O)(=O)c2cccc(C3CN(C)Cc4c(Cl)cc(Cl)cc43)c2)cc1.CCOCCOCCOCCCS(=O)(=O)c1cccc(C2CN(C)Cc3c(Cl)cc(Cl)cc32)c1.CN1Cc2c(Cl)cc(Cl)cc2C(c2cccc(CNCCOCCOCCOCCN)c2)C1. The minimum atomic E-state index is -3.75. The lowest BCUT2D eigenvalue weighted by molar-refractivity contribution is -0.118. The Kier molecular flexibility index (Phi) is 43.2. The molecule has 23 nitrogen and oxygen atoms in total. The average molecular weight is 1780 g/mol. The number of sulfone groups is 1. The van der Waals surface area contributed by atoms with Crippen LogP contribution in [0.25, 0.3) is 0 Å². The lowest BCUT2D eigenvalue weighted by Crippen LogP contribution is -2.31. The first-order chi connectivity index (χ1) is 56.4. The molecule has 3 heterocycles. The highest BCUT2D eigenvalue weighted by molar-refractivity contribution is 7.91. The smallest absolute Gasteiger partial charge is 0.319 e. The number of fused-ring (bicyclic) bond motifs is 3. The van der Waals surface area contributed by atoms with Gasteiger partial charge in [0.05, 0.1) is 121 Å². The first-order valence-electron chi connectivity index (χ1n) is 39.7. The Morgan fingerprint density at radius 2 is 0.880 bits per heavy atom. The van der Waals surface area contributed by atoms with Crippen molar-refractivity contribution in [3.05, 3.63) is 225 Å². The van der Waals surface area contributed by atoms with Crippen LogP contribution >= 0.6 is 69.6 Å². The zero-order valence-electron chi connectivity index (χ0n) is 67.6. The predicted molar refractivity (Wildman–Crippen MR) is 466 cm³/mol. The molecule has 7 aromatic carbocycles. The van der Waals surface area contributed by atoms with Crippen molar-refractivity contribution in [2.45, 2.75) is 93.3 Å². The van der Waals surface area contributed by atoms with Crippen LogP contribution in [0.3, 0.4) is 0 Å². The third-order valence-corrected chi connectivity index (χ3v) is 24.3. The lowest BCUT2D eigenvalue weighted by atomic mass is 9.84. The molecule has 3 atom stereocenters. The van der Waals surface area contributed by atoms with Crippen LogP contribution in [-0.2, 0) is 99.9 Å². The second-order valence-electron chi connectivity index (χ2n) is 28.7. The number of nitrogens with zero attached hydrogens (tertiary/aromatic N) is 3. The fraction of sp³-hybridized carbons (Fsp3) is 0.488. The van der Waals surface area contributed by atoms with E-state index in [1.807, 2.05) is 70.4 Å². The molecule has 0 radical (unpaired) electrons. The summed E-state index contributed by atoms with van der Waals surface area (Å²) in [6.07, 6.45) is 2.23. The van der Waals surface area contributed by atoms with Gasteiger partial charge in [-0.25, -0.2) is 26.4 Å². The molecule has 0 spiro atoms. The number of carbonyl (C=O) groups is 2. The van der Waals surface area contributed by atoms with E-state index in [4.69, 9.17) is 118 Å². The van der Waals surface area contributed by atoms with Crippen molar-refractivity contribution in [2.75, 3.05) is 197 Å². The molecule has 10 rings (SSSR count). The van der Waals surface area contributed by atoms with Crippen LogP contribution < -0.4 is 26.4 Å². The van der Waals surface area contributed by atoms with Crippen LogP contribution in [0.1, 0.15) is 112 Å². The topological polar surface area (TPSA) is 269 Å². The molecule has 2 amide bonds. The van der Waals surface area contributed by atoms with Crippen molar-refractivity contribution in [2.24, 2.45) is 5.73 Å². The van der Waals surface area contributed by atoms with Crippen LogP contribution in [0.15, 0.2) is 143 Å². The lowest BCUT2D eigenvalue weighted by Gasteiger charge is -2.33. The number of benzene rings is 7. The Bertz CT molecular complexity index is 4450. The number of ketones is 1. The maximum absolute atomic E-state index is 13.1. The highest BCUT2D eigenvalue weighted by Gasteiger charge is 2.32. The monoisotopic (exact) mass is 1770 g/mol. The van der Waals surface area contributed by atoms with Gasteiger partial charge in [0.15, 0.2) is 9.84 Å². The number of amides is 2. The van der Waals surface area contributed by atoms with Gasteiger partial charge in [-0.2, -0.15) is 0 Å². The number of halogens is 6. The summed E-state index contributed by atoms with van der Waals surface area (Å²) in [7, 11) is -1.01. The highest BCUT2D eigenvalue weighted by Crippen LogP contribution is 2.42. The molecule has 0 aliphatic carbocycles. The minimum Gasteiger partial charge on any atom is -0.379 e. The fourth-order valence-electron chi connectivity index (χ4n) is 13.8. The Hall–Kier alpha value is -5.48. The van der Waals surface area contributed by atoms with Gasteiger partial charge in [-0.15, -0.1) is 0 Å². The van der Waals surface area contributed by atoms with Crippen LogP contribution in [0, 0.1) is 0 Å². The number of urea groups is 1. The summed E-state index contributed by atoms with van der Waals surface area (Å²) in [4.78, 5) is 31.0. The van der Waals surface area contributed by atoms with Crippen molar-refractivity contribution in [3.8, 4) is 0 Å². The molecule has 117 heavy (non-hydrogen) atoms. The number of Topliss-reactive ketones (excluding diaryl/α,β-unsaturated/α-hetero) is 1. The van der Waals surface area contributed by atoms with Crippen molar-refractivity contribution < 1.29 is 69.1 Å². The van der Waals surface area contributed by atoms with Gasteiger partial charge in [-0.05, 0) is 175 Å². The summed E-state index contributed by atoms with van der Waals surface area (Å²) in [5, 5.41) is 12.8. The van der Waals surface area contributed by atoms with Gasteiger partial charge in [0, 0.05) is 152 Å². The first-order valence-corrected chi connectivity index (χ1v) is 45.1. The second kappa shape index (κ2) is 52.1. The van der Waals surface area contributed by atoms with Gasteiger partial charge < -0.3 is 79.0 Å². The summed E-state index contributed by atoms with van der Waals surface area (Å²) in [6.45, 7) is 19.5. The van der Waals surface area contributed by atoms with E-state index in [0.29, 0.717) is 193 Å². The van der Waals surface area contributed by atoms with Crippen molar-refractivity contribution in [1.82, 2.24) is 30.1 Å². The minimum absolute atomic E-state index is 0.00819. The predicted octanol–water partition coefficient (Wildman–Crippen LogP) is 14.1. The van der Waals surface area contributed by atoms with Gasteiger partial charge in [-0.1, -0.05) is 137 Å². The van der Waals surface area contributed by atoms with Crippen molar-refractivity contribution >= 4 is 107 Å². The number of rotatable bonds is 47. The number of anilines is 1. The molecule has 0 saturated heterocycles. The number of likely N-dealkylation sites (N-methyl/N-ethyl adjacent to an activating group) is 3. The maximum Gasteiger partial charge on any atom is 0.319 e. The van der Waals surface area contributed by atoms with E-state index in [1.165, 1.54) is 22.3 Å². The molecule has 7 aromatic rings. The largest absolute Gasteiger partial charge is 0.379 e. The summed E-state index contributed by atoms with van der Waals surface area (Å²) in [5.41, 5.74) is 17.8. The van der Waals surface area contributed by atoms with E-state index in [0.717, 1.165) is 89.7 Å². The van der Waals surface area contributed by atoms with Crippen LogP contribution in [0.4, 0.5) is 10.5 Å². The van der Waals surface area contributed by atoms with E-state index in [1.54, 1.807) is 60.7 Å². The third-order valence-electron chi connectivity index (χ3n) is 19.4. The molecule has 3 aliphatic heterocycles. The molecule has 642 valence electrons. The molecule has 0 aromatic heterocycles. The van der Waals surface area contributed by atoms with Gasteiger partial charge in [0.2, 0.25) is 10.0 Å². The van der Waals surface area contributed by atoms with E-state index in [2.05, 4.69) is 72.8 Å². The number of ether oxygens (including phenoxy) is 9. The van der Waals surface area contributed by atoms with Gasteiger partial charge in [0.1, 0.15) is 5.78 Å². The molecular weight excluding hydrogens is 1660 g/mol. The molecule has 3 unspecified atom stereocenters. The van der Waals surface area contributed by atoms with Crippen LogP contribution in [0.5, 0.6) is 0 Å². The Labute approximate surface area is 721 Å². The summed E-state index contributed by atoms with van der Waals surface area (Å²) in [6, 6.07) is 41.0. The Morgan fingerprint density at radius 1 is 0.462 bits per heavy atom. The number of nitrogens with one attached hydrogen (secondary N) is 4. The molecule has 0 fully saturated rings. The van der Waals surface area contributed by atoms with E-state index >= 15 is 0 Å². The van der Waals surface area contributed by atoms with Gasteiger partial charge in [0.25, 0.3) is 0 Å². The molecule has 31 heteroatoms. The van der Waals surface area contributed by atoms with Crippen LogP contribution in [-0.4, -0.2) is 235 Å². The third kappa shape index (κ3) is 33.4. The molecule has 0 bridgehead atoms. The average Bonchev–Trinajstić information content (AvgIpc) is 0.782. The molecule has 0 saturated carbocycles. The molecule has 3 aliphatic rings. The quantitative estimate of drug-likeness (QED) is 0.0222.